The summed E-state index contributed by atoms with van der Waals surface area (Å²) in [7, 11) is 0. The summed E-state index contributed by atoms with van der Waals surface area (Å²) in [6.07, 6.45) is 1.09. The normalized spacial score (nSPS) is 20.3. The maximum Gasteiger partial charge on any atom is 0.317 e. The summed E-state index contributed by atoms with van der Waals surface area (Å²) in [5, 5.41) is 2.94. The molecule has 0 bridgehead atoms. The van der Waals surface area contributed by atoms with E-state index in [0.29, 0.717) is 39.3 Å². The second kappa shape index (κ2) is 8.07. The number of rotatable bonds is 5. The Morgan fingerprint density at radius 2 is 1.92 bits per heavy atom. The van der Waals surface area contributed by atoms with Crippen LogP contribution >= 0.6 is 0 Å². The predicted molar refractivity (Wildman–Crippen MR) is 96.1 cm³/mol. The summed E-state index contributed by atoms with van der Waals surface area (Å²) in [5.41, 5.74) is 0.801. The topological polar surface area (TPSA) is 82.2 Å². The number of carbonyl (C=O) groups excluding carboxylic acids is 3. The van der Waals surface area contributed by atoms with Gasteiger partial charge in [0.05, 0.1) is 12.6 Å². The molecule has 8 heteroatoms. The Balaban J connectivity index is 1.54. The first-order valence-corrected chi connectivity index (χ1v) is 8.88. The van der Waals surface area contributed by atoms with Crippen molar-refractivity contribution in [1.82, 2.24) is 15.1 Å². The van der Waals surface area contributed by atoms with Crippen molar-refractivity contribution in [3.63, 3.8) is 0 Å². The molecule has 0 spiro atoms. The molecule has 1 aromatic carbocycles. The molecule has 8 nitrogen and oxygen atoms in total. The van der Waals surface area contributed by atoms with Gasteiger partial charge in [-0.3, -0.25) is 9.59 Å². The van der Waals surface area contributed by atoms with Crippen molar-refractivity contribution in [3.05, 3.63) is 24.3 Å². The van der Waals surface area contributed by atoms with Crippen LogP contribution in [0.5, 0.6) is 5.75 Å². The quantitative estimate of drug-likeness (QED) is 0.783. The first-order valence-electron chi connectivity index (χ1n) is 8.88. The third-order valence-corrected chi connectivity index (χ3v) is 4.66. The molecule has 0 aliphatic carbocycles. The fourth-order valence-electron chi connectivity index (χ4n) is 3.24. The maximum absolute atomic E-state index is 12.4. The van der Waals surface area contributed by atoms with Crippen LogP contribution in [0.1, 0.15) is 13.3 Å². The number of nitrogens with zero attached hydrogens (tertiary/aromatic N) is 3. The third kappa shape index (κ3) is 4.07. The first-order chi connectivity index (χ1) is 12.6. The third-order valence-electron chi connectivity index (χ3n) is 4.66. The fraction of sp³-hybridized carbons (Fsp3) is 0.500. The van der Waals surface area contributed by atoms with Crippen LogP contribution in [-0.4, -0.2) is 73.5 Å². The molecule has 0 saturated carbocycles. The molecule has 3 rings (SSSR count). The van der Waals surface area contributed by atoms with Gasteiger partial charge in [-0.2, -0.15) is 0 Å². The number of nitrogens with one attached hydrogen (secondary N) is 1. The number of ether oxygens (including phenoxy) is 1. The number of amides is 4. The molecule has 1 aromatic rings. The zero-order valence-electron chi connectivity index (χ0n) is 14.9. The summed E-state index contributed by atoms with van der Waals surface area (Å²) in [6, 6.07) is 6.99. The zero-order valence-corrected chi connectivity index (χ0v) is 14.9. The average Bonchev–Trinajstić information content (AvgIpc) is 3.03. The molecule has 26 heavy (non-hydrogen) atoms. The number of hydrogen-bond donors (Lipinski definition) is 1. The molecule has 0 aromatic heterocycles. The minimum absolute atomic E-state index is 0.00904. The molecule has 2 saturated heterocycles. The Morgan fingerprint density at radius 3 is 2.54 bits per heavy atom. The summed E-state index contributed by atoms with van der Waals surface area (Å²) in [6.45, 7) is 5.06. The van der Waals surface area contributed by atoms with Crippen LogP contribution < -0.4 is 15.0 Å². The van der Waals surface area contributed by atoms with Gasteiger partial charge in [-0.1, -0.05) is 0 Å². The van der Waals surface area contributed by atoms with Gasteiger partial charge in [0, 0.05) is 44.8 Å². The van der Waals surface area contributed by atoms with Crippen LogP contribution in [0.3, 0.4) is 0 Å². The fourth-order valence-corrected chi connectivity index (χ4v) is 3.24. The van der Waals surface area contributed by atoms with Gasteiger partial charge in [0.2, 0.25) is 12.3 Å². The van der Waals surface area contributed by atoms with E-state index >= 15 is 0 Å². The zero-order chi connectivity index (χ0) is 18.5. The van der Waals surface area contributed by atoms with Crippen molar-refractivity contribution in [2.24, 2.45) is 0 Å². The van der Waals surface area contributed by atoms with Gasteiger partial charge in [0.25, 0.3) is 0 Å². The van der Waals surface area contributed by atoms with Gasteiger partial charge in [0.1, 0.15) is 5.75 Å². The highest BCUT2D eigenvalue weighted by Gasteiger charge is 2.33. The minimum atomic E-state index is -0.217. The van der Waals surface area contributed by atoms with Crippen LogP contribution in [0.25, 0.3) is 0 Å². The molecule has 0 radical (unpaired) electrons. The number of benzene rings is 1. The van der Waals surface area contributed by atoms with E-state index in [1.807, 2.05) is 31.2 Å². The van der Waals surface area contributed by atoms with Crippen molar-refractivity contribution < 1.29 is 19.1 Å². The standard InChI is InChI=1S/C18H24N4O4/c1-2-26-16-5-3-15(4-6-16)22-12-14(11-17(22)24)19-18(25)21-9-7-20(13-23)8-10-21/h3-6,13-14H,2,7-12H2,1H3,(H,19,25). The van der Waals surface area contributed by atoms with Crippen molar-refractivity contribution in [3.8, 4) is 5.75 Å². The van der Waals surface area contributed by atoms with Gasteiger partial charge >= 0.3 is 6.03 Å². The largest absolute Gasteiger partial charge is 0.494 e. The van der Waals surface area contributed by atoms with E-state index in [4.69, 9.17) is 4.74 Å². The minimum Gasteiger partial charge on any atom is -0.494 e. The van der Waals surface area contributed by atoms with Crippen molar-refractivity contribution in [1.29, 1.82) is 0 Å². The summed E-state index contributed by atoms with van der Waals surface area (Å²) >= 11 is 0. The molecular weight excluding hydrogens is 336 g/mol. The molecule has 2 aliphatic rings. The number of anilines is 1. The Kier molecular flexibility index (Phi) is 5.60. The molecule has 140 valence electrons. The Labute approximate surface area is 152 Å². The van der Waals surface area contributed by atoms with Crippen LogP contribution in [-0.2, 0) is 9.59 Å². The summed E-state index contributed by atoms with van der Waals surface area (Å²) < 4.78 is 5.42. The van der Waals surface area contributed by atoms with E-state index < -0.39 is 0 Å². The SMILES string of the molecule is CCOc1ccc(N2CC(NC(=O)N3CCN(C=O)CC3)CC2=O)cc1. The van der Waals surface area contributed by atoms with Crippen LogP contribution in [0.4, 0.5) is 10.5 Å². The Morgan fingerprint density at radius 1 is 1.23 bits per heavy atom. The molecule has 1 unspecified atom stereocenters. The number of carbonyl (C=O) groups is 3. The molecule has 2 aliphatic heterocycles. The highest BCUT2D eigenvalue weighted by molar-refractivity contribution is 5.96. The molecule has 2 heterocycles. The van der Waals surface area contributed by atoms with Crippen LogP contribution in [0.15, 0.2) is 24.3 Å². The van der Waals surface area contributed by atoms with E-state index in [0.717, 1.165) is 17.8 Å². The van der Waals surface area contributed by atoms with Crippen molar-refractivity contribution >= 4 is 24.0 Å². The van der Waals surface area contributed by atoms with Crippen LogP contribution in [0, 0.1) is 0 Å². The lowest BCUT2D eigenvalue weighted by Gasteiger charge is -2.33. The van der Waals surface area contributed by atoms with E-state index in [9.17, 15) is 14.4 Å². The molecule has 2 fully saturated rings. The molecule has 1 atom stereocenters. The molecule has 1 N–H and O–H groups in total. The lowest BCUT2D eigenvalue weighted by atomic mass is 10.2. The highest BCUT2D eigenvalue weighted by Crippen LogP contribution is 2.24. The van der Waals surface area contributed by atoms with Gasteiger partial charge in [0.15, 0.2) is 0 Å². The van der Waals surface area contributed by atoms with Gasteiger partial charge in [-0.05, 0) is 31.2 Å². The average molecular weight is 360 g/mol. The monoisotopic (exact) mass is 360 g/mol. The second-order valence-electron chi connectivity index (χ2n) is 6.41. The molecular formula is C18H24N4O4. The number of urea groups is 1. The summed E-state index contributed by atoms with van der Waals surface area (Å²) in [5.74, 6) is 0.757. The van der Waals surface area contributed by atoms with Gasteiger partial charge in [-0.25, -0.2) is 4.79 Å². The molecule has 4 amide bonds. The van der Waals surface area contributed by atoms with Gasteiger partial charge < -0.3 is 24.8 Å². The predicted octanol–water partition coefficient (Wildman–Crippen LogP) is 0.674. The van der Waals surface area contributed by atoms with E-state index in [-0.39, 0.29) is 24.4 Å². The van der Waals surface area contributed by atoms with Crippen LogP contribution in [0.2, 0.25) is 0 Å². The number of hydrogen-bond acceptors (Lipinski definition) is 4. The van der Waals surface area contributed by atoms with Crippen molar-refractivity contribution in [2.45, 2.75) is 19.4 Å². The summed E-state index contributed by atoms with van der Waals surface area (Å²) in [4.78, 5) is 40.5. The van der Waals surface area contributed by atoms with E-state index in [1.165, 1.54) is 0 Å². The van der Waals surface area contributed by atoms with E-state index in [2.05, 4.69) is 5.32 Å². The van der Waals surface area contributed by atoms with Gasteiger partial charge in [-0.15, -0.1) is 0 Å². The smallest absolute Gasteiger partial charge is 0.317 e. The number of piperazine rings is 1. The first kappa shape index (κ1) is 18.0. The lowest BCUT2D eigenvalue weighted by Crippen LogP contribution is -2.53. The maximum atomic E-state index is 12.4. The van der Waals surface area contributed by atoms with E-state index in [1.54, 1.807) is 14.7 Å². The van der Waals surface area contributed by atoms with Crippen molar-refractivity contribution in [2.75, 3.05) is 44.2 Å². The lowest BCUT2D eigenvalue weighted by molar-refractivity contribution is -0.119. The Bertz CT molecular complexity index is 656. The highest BCUT2D eigenvalue weighted by atomic mass is 16.5. The second-order valence-corrected chi connectivity index (χ2v) is 6.41. The Hall–Kier alpha value is -2.77.